The van der Waals surface area contributed by atoms with Crippen molar-refractivity contribution in [3.63, 3.8) is 0 Å². The lowest BCUT2D eigenvalue weighted by Crippen LogP contribution is -1.96. The zero-order valence-electron chi connectivity index (χ0n) is 7.15. The maximum atomic E-state index is 8.20. The van der Waals surface area contributed by atoms with Crippen LogP contribution in [0.3, 0.4) is 0 Å². The molecule has 2 aromatic rings. The molecule has 1 aromatic heterocycles. The van der Waals surface area contributed by atoms with Gasteiger partial charge in [-0.3, -0.25) is 0 Å². The average Bonchev–Trinajstić information content (AvgIpc) is 2.72. The first-order valence-electron chi connectivity index (χ1n) is 3.92. The van der Waals surface area contributed by atoms with E-state index in [1.54, 1.807) is 36.7 Å². The number of azide groups is 1. The Bertz CT molecular complexity index is 451. The van der Waals surface area contributed by atoms with Crippen LogP contribution in [0.15, 0.2) is 41.8 Å². The van der Waals surface area contributed by atoms with Gasteiger partial charge < -0.3 is 0 Å². The first-order chi connectivity index (χ1) is 6.90. The van der Waals surface area contributed by atoms with Gasteiger partial charge in [-0.05, 0) is 17.7 Å². The van der Waals surface area contributed by atoms with Crippen molar-refractivity contribution in [2.24, 2.45) is 5.11 Å². The number of hydrogen-bond acceptors (Lipinski definition) is 3. The molecule has 6 nitrogen and oxygen atoms in total. The van der Waals surface area contributed by atoms with Crippen LogP contribution in [0.25, 0.3) is 16.1 Å². The molecule has 0 amide bonds. The fraction of sp³-hybridized carbons (Fsp3) is 0. The summed E-state index contributed by atoms with van der Waals surface area (Å²) in [5.74, 6) is 0. The quantitative estimate of drug-likeness (QED) is 0.409. The summed E-state index contributed by atoms with van der Waals surface area (Å²) < 4.78 is 0. The van der Waals surface area contributed by atoms with Crippen LogP contribution in [0.5, 0.6) is 0 Å². The molecule has 0 aliphatic heterocycles. The second-order valence-electron chi connectivity index (χ2n) is 2.52. The van der Waals surface area contributed by atoms with Crippen molar-refractivity contribution in [3.8, 4) is 5.69 Å². The molecule has 0 fully saturated rings. The molecule has 14 heavy (non-hydrogen) atoms. The Balaban J connectivity index is 2.35. The minimum atomic E-state index is 0.573. The molecule has 2 rings (SSSR count). The van der Waals surface area contributed by atoms with Gasteiger partial charge in [-0.1, -0.05) is 17.2 Å². The van der Waals surface area contributed by atoms with Crippen molar-refractivity contribution in [3.05, 3.63) is 47.1 Å². The minimum absolute atomic E-state index is 0.573. The summed E-state index contributed by atoms with van der Waals surface area (Å²) >= 11 is 0. The maximum Gasteiger partial charge on any atom is 0.0856 e. The third-order valence-electron chi connectivity index (χ3n) is 1.66. The van der Waals surface area contributed by atoms with Crippen LogP contribution in [0.2, 0.25) is 0 Å². The van der Waals surface area contributed by atoms with E-state index in [2.05, 4.69) is 20.2 Å². The Morgan fingerprint density at radius 3 is 2.36 bits per heavy atom. The number of benzene rings is 1. The number of rotatable bonds is 2. The molecular weight excluding hydrogens is 180 g/mol. The van der Waals surface area contributed by atoms with E-state index >= 15 is 0 Å². The normalized spacial score (nSPS) is 9.43. The van der Waals surface area contributed by atoms with Gasteiger partial charge in [0.2, 0.25) is 0 Å². The third kappa shape index (κ3) is 1.55. The van der Waals surface area contributed by atoms with Crippen molar-refractivity contribution in [1.82, 2.24) is 15.0 Å². The smallest absolute Gasteiger partial charge is 0.0856 e. The fourth-order valence-electron chi connectivity index (χ4n) is 1.05. The average molecular weight is 186 g/mol. The van der Waals surface area contributed by atoms with Gasteiger partial charge in [-0.2, -0.15) is 15.0 Å². The molecule has 0 N–H and O–H groups in total. The highest BCUT2D eigenvalue weighted by atomic mass is 15.5. The number of aromatic nitrogens is 3. The van der Waals surface area contributed by atoms with Crippen LogP contribution in [0.4, 0.5) is 5.69 Å². The molecule has 0 bridgehead atoms. The van der Waals surface area contributed by atoms with Crippen molar-refractivity contribution in [2.75, 3.05) is 0 Å². The van der Waals surface area contributed by atoms with E-state index in [4.69, 9.17) is 5.53 Å². The van der Waals surface area contributed by atoms with Gasteiger partial charge in [0, 0.05) is 10.6 Å². The molecule has 0 aliphatic rings. The van der Waals surface area contributed by atoms with Gasteiger partial charge in [0.1, 0.15) is 0 Å². The lowest BCUT2D eigenvalue weighted by Gasteiger charge is -1.98. The summed E-state index contributed by atoms with van der Waals surface area (Å²) in [7, 11) is 0. The van der Waals surface area contributed by atoms with Crippen LogP contribution in [-0.2, 0) is 0 Å². The SMILES string of the molecule is [N-]=[N+]=Nc1ccc(-n2nccn2)cc1. The predicted molar refractivity (Wildman–Crippen MR) is 50.2 cm³/mol. The van der Waals surface area contributed by atoms with Gasteiger partial charge in [-0.25, -0.2) is 0 Å². The van der Waals surface area contributed by atoms with Crippen LogP contribution < -0.4 is 0 Å². The zero-order valence-corrected chi connectivity index (χ0v) is 7.15. The lowest BCUT2D eigenvalue weighted by atomic mass is 10.3. The van der Waals surface area contributed by atoms with E-state index in [1.807, 2.05) is 0 Å². The monoisotopic (exact) mass is 186 g/mol. The van der Waals surface area contributed by atoms with Crippen molar-refractivity contribution in [2.45, 2.75) is 0 Å². The van der Waals surface area contributed by atoms with E-state index in [9.17, 15) is 0 Å². The highest BCUT2D eigenvalue weighted by molar-refractivity contribution is 5.43. The number of hydrogen-bond donors (Lipinski definition) is 0. The maximum absolute atomic E-state index is 8.20. The van der Waals surface area contributed by atoms with Gasteiger partial charge in [0.05, 0.1) is 18.1 Å². The highest BCUT2D eigenvalue weighted by Crippen LogP contribution is 2.14. The van der Waals surface area contributed by atoms with E-state index in [1.165, 1.54) is 4.80 Å². The molecule has 0 aliphatic carbocycles. The summed E-state index contributed by atoms with van der Waals surface area (Å²) in [6.45, 7) is 0. The molecule has 0 atom stereocenters. The summed E-state index contributed by atoms with van der Waals surface area (Å²) in [6, 6.07) is 6.98. The second kappa shape index (κ2) is 3.59. The first kappa shape index (κ1) is 8.28. The standard InChI is InChI=1S/C8H6N6/c9-13-12-7-1-3-8(4-2-7)14-10-5-6-11-14/h1-6H. The summed E-state index contributed by atoms with van der Waals surface area (Å²) in [6.07, 6.45) is 3.20. The van der Waals surface area contributed by atoms with Gasteiger partial charge in [0.25, 0.3) is 0 Å². The number of nitrogens with zero attached hydrogens (tertiary/aromatic N) is 6. The molecule has 0 saturated carbocycles. The third-order valence-corrected chi connectivity index (χ3v) is 1.66. The molecule has 0 unspecified atom stereocenters. The van der Waals surface area contributed by atoms with E-state index in [0.29, 0.717) is 5.69 Å². The minimum Gasteiger partial charge on any atom is -0.157 e. The molecule has 0 saturated heterocycles. The summed E-state index contributed by atoms with van der Waals surface area (Å²) in [5.41, 5.74) is 9.60. The molecule has 1 heterocycles. The zero-order chi connectivity index (χ0) is 9.80. The summed E-state index contributed by atoms with van der Waals surface area (Å²) in [5, 5.41) is 11.4. The van der Waals surface area contributed by atoms with Gasteiger partial charge in [-0.15, -0.1) is 0 Å². The first-order valence-corrected chi connectivity index (χ1v) is 3.92. The van der Waals surface area contributed by atoms with Crippen LogP contribution in [0, 0.1) is 0 Å². The molecular formula is C8H6N6. The summed E-state index contributed by atoms with van der Waals surface area (Å²) in [4.78, 5) is 4.17. The largest absolute Gasteiger partial charge is 0.157 e. The van der Waals surface area contributed by atoms with Crippen molar-refractivity contribution in [1.29, 1.82) is 0 Å². The molecule has 6 heteroatoms. The Labute approximate surface area is 79.4 Å². The van der Waals surface area contributed by atoms with Crippen molar-refractivity contribution < 1.29 is 0 Å². The molecule has 0 radical (unpaired) electrons. The molecule has 0 spiro atoms. The fourth-order valence-corrected chi connectivity index (χ4v) is 1.05. The van der Waals surface area contributed by atoms with Crippen LogP contribution >= 0.6 is 0 Å². The Hall–Kier alpha value is -2.33. The van der Waals surface area contributed by atoms with E-state index in [-0.39, 0.29) is 0 Å². The van der Waals surface area contributed by atoms with Gasteiger partial charge >= 0.3 is 0 Å². The predicted octanol–water partition coefficient (Wildman–Crippen LogP) is 2.21. The lowest BCUT2D eigenvalue weighted by molar-refractivity contribution is 0.752. The Morgan fingerprint density at radius 1 is 1.14 bits per heavy atom. The van der Waals surface area contributed by atoms with Crippen molar-refractivity contribution >= 4 is 5.69 Å². The van der Waals surface area contributed by atoms with Crippen LogP contribution in [-0.4, -0.2) is 15.0 Å². The van der Waals surface area contributed by atoms with E-state index < -0.39 is 0 Å². The topological polar surface area (TPSA) is 79.5 Å². The van der Waals surface area contributed by atoms with Crippen LogP contribution in [0.1, 0.15) is 0 Å². The molecule has 1 aromatic carbocycles. The Morgan fingerprint density at radius 2 is 1.79 bits per heavy atom. The molecule has 68 valence electrons. The second-order valence-corrected chi connectivity index (χ2v) is 2.52. The van der Waals surface area contributed by atoms with Gasteiger partial charge in [0.15, 0.2) is 0 Å². The Kier molecular flexibility index (Phi) is 2.12. The highest BCUT2D eigenvalue weighted by Gasteiger charge is 1.95. The van der Waals surface area contributed by atoms with E-state index in [0.717, 1.165) is 5.69 Å².